The number of rotatable bonds is 13. The number of unbranched alkanes of at least 4 members (excludes halogenated alkanes) is 2. The van der Waals surface area contributed by atoms with Crippen LogP contribution in [0, 0.1) is 0 Å². The molecular weight excluding hydrogens is 451 g/mol. The van der Waals surface area contributed by atoms with Crippen molar-refractivity contribution in [2.24, 2.45) is 9.98 Å². The fourth-order valence-corrected chi connectivity index (χ4v) is 3.49. The van der Waals surface area contributed by atoms with Crippen molar-refractivity contribution in [3.05, 3.63) is 48.5 Å². The monoisotopic (exact) mass is 492 g/mol. The van der Waals surface area contributed by atoms with Crippen molar-refractivity contribution in [1.82, 2.24) is 0 Å². The Morgan fingerprint density at radius 3 is 1.39 bits per heavy atom. The second-order valence-electron chi connectivity index (χ2n) is 8.39. The third-order valence-corrected chi connectivity index (χ3v) is 5.89. The van der Waals surface area contributed by atoms with E-state index < -0.39 is 0 Å². The third-order valence-electron chi connectivity index (χ3n) is 5.89. The van der Waals surface area contributed by atoms with Crippen LogP contribution in [0.2, 0.25) is 0 Å². The molecule has 0 aromatic heterocycles. The van der Waals surface area contributed by atoms with Gasteiger partial charge in [0.2, 0.25) is 0 Å². The summed E-state index contributed by atoms with van der Waals surface area (Å²) in [6.07, 6.45) is 6.46. The van der Waals surface area contributed by atoms with Crippen LogP contribution in [-0.2, 0) is 16.5 Å². The normalized spacial score (nSPS) is 11.8. The largest absolute Gasteiger partial charge is 0.375 e. The van der Waals surface area contributed by atoms with Gasteiger partial charge in [0.25, 0.3) is 0 Å². The molecule has 2 aromatic carbocycles. The minimum absolute atomic E-state index is 0. The molecule has 0 heterocycles. The maximum atomic E-state index is 5.15. The van der Waals surface area contributed by atoms with Crippen LogP contribution in [0.4, 0.5) is 22.7 Å². The molecule has 5 heteroatoms. The van der Waals surface area contributed by atoms with Crippen LogP contribution in [-0.4, -0.2) is 38.6 Å². The average molecular weight is 493 g/mol. The van der Waals surface area contributed by atoms with E-state index >= 15 is 0 Å². The average Bonchev–Trinajstić information content (AvgIpc) is 2.83. The van der Waals surface area contributed by atoms with Crippen LogP contribution in [0.15, 0.2) is 58.5 Å². The maximum absolute atomic E-state index is 5.15. The van der Waals surface area contributed by atoms with Crippen molar-refractivity contribution < 1.29 is 16.5 Å². The first-order valence-electron chi connectivity index (χ1n) is 12.3. The molecule has 0 bridgehead atoms. The number of hydrogen-bond acceptors (Lipinski definition) is 4. The zero-order chi connectivity index (χ0) is 23.3. The Morgan fingerprint density at radius 2 is 1.06 bits per heavy atom. The number of anilines is 2. The summed E-state index contributed by atoms with van der Waals surface area (Å²) in [5.74, 6) is 0. The minimum Gasteiger partial charge on any atom is -0.375 e. The van der Waals surface area contributed by atoms with Gasteiger partial charge in [-0.3, -0.25) is 9.98 Å². The van der Waals surface area contributed by atoms with E-state index in [1.54, 1.807) is 0 Å². The van der Waals surface area contributed by atoms with Crippen LogP contribution >= 0.6 is 0 Å². The molecule has 0 aliphatic carbocycles. The van der Waals surface area contributed by atoms with Gasteiger partial charge in [0.15, 0.2) is 0 Å². The molecule has 0 fully saturated rings. The summed E-state index contributed by atoms with van der Waals surface area (Å²) in [5.41, 5.74) is 6.68. The smallest absolute Gasteiger partial charge is 0.0654 e. The summed E-state index contributed by atoms with van der Waals surface area (Å²) < 4.78 is 0. The van der Waals surface area contributed by atoms with Crippen LogP contribution < -0.4 is 9.80 Å². The van der Waals surface area contributed by atoms with Gasteiger partial charge in [0, 0.05) is 55.1 Å². The van der Waals surface area contributed by atoms with E-state index in [9.17, 15) is 0 Å². The minimum atomic E-state index is 0. The molecule has 184 valence electrons. The number of aliphatic imine (C=N–C) groups is 2. The molecule has 0 unspecified atom stereocenters. The molecular formula is C28H42N4Ni. The Hall–Kier alpha value is -2.13. The van der Waals surface area contributed by atoms with E-state index in [2.05, 4.69) is 100 Å². The summed E-state index contributed by atoms with van der Waals surface area (Å²) in [6.45, 7) is 10.8. The van der Waals surface area contributed by atoms with Gasteiger partial charge >= 0.3 is 0 Å². The predicted molar refractivity (Wildman–Crippen MR) is 144 cm³/mol. The molecule has 0 N–H and O–H groups in total. The Morgan fingerprint density at radius 1 is 0.667 bits per heavy atom. The second-order valence-corrected chi connectivity index (χ2v) is 8.39. The standard InChI is InChI=1S/C28H42N4.Ni/c1-7-11-19-27(29-23-15-13-17-25(21-23)31(5)9-3)28(20-12-8-2)30-24-16-14-18-26(22-24)32(6)10-4;/h13-18,21-22H,7-12,19-20H2,1-6H3;. The molecule has 33 heavy (non-hydrogen) atoms. The molecule has 0 saturated carbocycles. The zero-order valence-electron chi connectivity index (χ0n) is 21.4. The van der Waals surface area contributed by atoms with Gasteiger partial charge in [-0.2, -0.15) is 0 Å². The van der Waals surface area contributed by atoms with E-state index in [4.69, 9.17) is 9.98 Å². The van der Waals surface area contributed by atoms with Gasteiger partial charge in [-0.1, -0.05) is 38.8 Å². The van der Waals surface area contributed by atoms with Gasteiger partial charge in [0.05, 0.1) is 22.8 Å². The molecule has 0 aliphatic heterocycles. The Kier molecular flexibility index (Phi) is 13.7. The van der Waals surface area contributed by atoms with Gasteiger partial charge < -0.3 is 9.80 Å². The first-order chi connectivity index (χ1) is 15.5. The van der Waals surface area contributed by atoms with Crippen molar-refractivity contribution in [3.8, 4) is 0 Å². The molecule has 2 aromatic rings. The fourth-order valence-electron chi connectivity index (χ4n) is 3.49. The quantitative estimate of drug-likeness (QED) is 0.210. The van der Waals surface area contributed by atoms with E-state index in [0.29, 0.717) is 0 Å². The summed E-state index contributed by atoms with van der Waals surface area (Å²) in [4.78, 5) is 14.8. The van der Waals surface area contributed by atoms with Gasteiger partial charge in [-0.05, 0) is 75.9 Å². The third kappa shape index (κ3) is 9.33. The summed E-state index contributed by atoms with van der Waals surface area (Å²) in [6, 6.07) is 17.1. The maximum Gasteiger partial charge on any atom is 0.0654 e. The van der Waals surface area contributed by atoms with Crippen LogP contribution in [0.1, 0.15) is 66.2 Å². The van der Waals surface area contributed by atoms with Crippen LogP contribution in [0.5, 0.6) is 0 Å². The van der Waals surface area contributed by atoms with Gasteiger partial charge in [0.1, 0.15) is 0 Å². The zero-order valence-corrected chi connectivity index (χ0v) is 22.4. The molecule has 0 radical (unpaired) electrons. The van der Waals surface area contributed by atoms with E-state index in [-0.39, 0.29) is 16.5 Å². The van der Waals surface area contributed by atoms with Crippen molar-refractivity contribution in [2.45, 2.75) is 66.2 Å². The number of nitrogens with zero attached hydrogens (tertiary/aromatic N) is 4. The van der Waals surface area contributed by atoms with E-state index in [0.717, 1.165) is 74.4 Å². The number of benzene rings is 2. The van der Waals surface area contributed by atoms with Crippen molar-refractivity contribution in [3.63, 3.8) is 0 Å². The van der Waals surface area contributed by atoms with Crippen molar-refractivity contribution >= 4 is 34.2 Å². The van der Waals surface area contributed by atoms with Crippen LogP contribution in [0.3, 0.4) is 0 Å². The molecule has 0 aliphatic rings. The SMILES string of the molecule is CCCCC(=Nc1cccc(N(C)CC)c1)C(CCCC)=Nc1cccc(N(C)CC)c1.[Ni]. The topological polar surface area (TPSA) is 31.2 Å². The molecule has 0 spiro atoms. The molecule has 4 nitrogen and oxygen atoms in total. The summed E-state index contributed by atoms with van der Waals surface area (Å²) in [7, 11) is 4.24. The fraction of sp³-hybridized carbons (Fsp3) is 0.500. The molecule has 0 atom stereocenters. The second kappa shape index (κ2) is 15.7. The predicted octanol–water partition coefficient (Wildman–Crippen LogP) is 7.82. The van der Waals surface area contributed by atoms with Gasteiger partial charge in [-0.25, -0.2) is 0 Å². The molecule has 0 saturated heterocycles. The van der Waals surface area contributed by atoms with Crippen molar-refractivity contribution in [1.29, 1.82) is 0 Å². The van der Waals surface area contributed by atoms with Crippen LogP contribution in [0.25, 0.3) is 0 Å². The summed E-state index contributed by atoms with van der Waals surface area (Å²) >= 11 is 0. The first kappa shape index (κ1) is 28.9. The molecule has 0 amide bonds. The number of hydrogen-bond donors (Lipinski definition) is 0. The van der Waals surface area contributed by atoms with Crippen molar-refractivity contribution in [2.75, 3.05) is 37.0 Å². The first-order valence-corrected chi connectivity index (χ1v) is 12.3. The molecule has 2 rings (SSSR count). The Balaban J connectivity index is 0.00000544. The van der Waals surface area contributed by atoms with Gasteiger partial charge in [-0.15, -0.1) is 0 Å². The summed E-state index contributed by atoms with van der Waals surface area (Å²) in [5, 5.41) is 0. The van der Waals surface area contributed by atoms with E-state index in [1.807, 2.05) is 0 Å². The Bertz CT molecular complexity index is 817. The van der Waals surface area contributed by atoms with E-state index in [1.165, 1.54) is 11.4 Å². The Labute approximate surface area is 212 Å².